The highest BCUT2D eigenvalue weighted by Crippen LogP contribution is 2.60. The molecular weight excluding hydrogens is 425 g/mol. The first-order chi connectivity index (χ1) is 15.9. The van der Waals surface area contributed by atoms with Crippen molar-refractivity contribution in [3.8, 4) is 5.75 Å². The second kappa shape index (κ2) is 7.97. The molecular formula is C26H32FNO5. The maximum Gasteiger partial charge on any atom is 0.328 e. The van der Waals surface area contributed by atoms with E-state index in [0.29, 0.717) is 12.4 Å². The average molecular weight is 458 g/mol. The zero-order valence-electron chi connectivity index (χ0n) is 18.9. The summed E-state index contributed by atoms with van der Waals surface area (Å²) in [5.41, 5.74) is 1.06. The van der Waals surface area contributed by atoms with Gasteiger partial charge in [0.15, 0.2) is 6.04 Å². The lowest BCUT2D eigenvalue weighted by Crippen LogP contribution is -2.52. The lowest BCUT2D eigenvalue weighted by molar-refractivity contribution is -0.147. The molecule has 1 saturated heterocycles. The van der Waals surface area contributed by atoms with Gasteiger partial charge in [0.2, 0.25) is 0 Å². The molecule has 0 spiro atoms. The second-order valence-electron chi connectivity index (χ2n) is 11.3. The van der Waals surface area contributed by atoms with Crippen molar-refractivity contribution in [2.75, 3.05) is 26.4 Å². The van der Waals surface area contributed by atoms with Crippen molar-refractivity contribution in [1.82, 2.24) is 4.90 Å². The normalized spacial score (nSPS) is 35.0. The molecule has 33 heavy (non-hydrogen) atoms. The van der Waals surface area contributed by atoms with Crippen LogP contribution < -0.4 is 4.74 Å². The standard InChI is InChI=1S/C26H32FNO5/c27-21-9-23(33-14-26-10-15-5-16(11-26)7-17(6-15)12-26)19(18-1-2-18)8-20(21)24(29)28-3-4-32-13-22(28)25(30)31/h8-9,15-18,22H,1-7,10-14H2,(H,30,31)/t15?,16?,17?,22-,26?/m1/s1. The average Bonchev–Trinajstić information content (AvgIpc) is 3.62. The predicted molar refractivity (Wildman–Crippen MR) is 118 cm³/mol. The summed E-state index contributed by atoms with van der Waals surface area (Å²) in [6.07, 6.45) is 9.80. The SMILES string of the molecule is O=C(O)[C@H]1COCCN1C(=O)c1cc(C2CC2)c(OCC23CC4CC(CC(C4)C2)C3)cc1F. The van der Waals surface area contributed by atoms with Crippen molar-refractivity contribution in [2.24, 2.45) is 23.2 Å². The molecule has 6 aliphatic rings. The van der Waals surface area contributed by atoms with Gasteiger partial charge in [0, 0.05) is 18.0 Å². The van der Waals surface area contributed by atoms with Crippen LogP contribution in [0.25, 0.3) is 0 Å². The molecule has 178 valence electrons. The summed E-state index contributed by atoms with van der Waals surface area (Å²) in [5.74, 6) is 0.975. The first-order valence-corrected chi connectivity index (χ1v) is 12.5. The summed E-state index contributed by atoms with van der Waals surface area (Å²) >= 11 is 0. The van der Waals surface area contributed by atoms with Gasteiger partial charge in [-0.2, -0.15) is 0 Å². The van der Waals surface area contributed by atoms with Crippen LogP contribution in [0.3, 0.4) is 0 Å². The number of morpholine rings is 1. The molecule has 1 atom stereocenters. The molecule has 1 amide bonds. The van der Waals surface area contributed by atoms with Gasteiger partial charge in [0.1, 0.15) is 11.6 Å². The smallest absolute Gasteiger partial charge is 0.328 e. The Hall–Kier alpha value is -2.15. The molecule has 5 aliphatic carbocycles. The molecule has 0 radical (unpaired) electrons. The van der Waals surface area contributed by atoms with Gasteiger partial charge in [-0.3, -0.25) is 4.79 Å². The van der Waals surface area contributed by atoms with Gasteiger partial charge in [-0.25, -0.2) is 9.18 Å². The number of hydrogen-bond acceptors (Lipinski definition) is 4. The van der Waals surface area contributed by atoms with Crippen LogP contribution >= 0.6 is 0 Å². The number of carboxylic acid groups (broad SMARTS) is 1. The number of carbonyl (C=O) groups excluding carboxylic acids is 1. The summed E-state index contributed by atoms with van der Waals surface area (Å²) in [6.45, 7) is 0.940. The van der Waals surface area contributed by atoms with Crippen molar-refractivity contribution in [2.45, 2.75) is 63.3 Å². The Kier molecular flexibility index (Phi) is 5.16. The molecule has 6 fully saturated rings. The van der Waals surface area contributed by atoms with Gasteiger partial charge in [-0.1, -0.05) is 0 Å². The van der Waals surface area contributed by atoms with E-state index in [2.05, 4.69) is 0 Å². The quantitative estimate of drug-likeness (QED) is 0.692. The van der Waals surface area contributed by atoms with Gasteiger partial charge >= 0.3 is 5.97 Å². The van der Waals surface area contributed by atoms with Crippen molar-refractivity contribution in [1.29, 1.82) is 0 Å². The van der Waals surface area contributed by atoms with Gasteiger partial charge in [-0.15, -0.1) is 0 Å². The van der Waals surface area contributed by atoms with E-state index in [1.165, 1.54) is 49.5 Å². The summed E-state index contributed by atoms with van der Waals surface area (Å²) in [6, 6.07) is 1.90. The molecule has 1 N–H and O–H groups in total. The van der Waals surface area contributed by atoms with E-state index >= 15 is 4.39 Å². The zero-order valence-corrected chi connectivity index (χ0v) is 18.9. The molecule has 0 aromatic heterocycles. The van der Waals surface area contributed by atoms with Gasteiger partial charge in [0.05, 0.1) is 25.4 Å². The molecule has 1 aromatic carbocycles. The summed E-state index contributed by atoms with van der Waals surface area (Å²) in [7, 11) is 0. The van der Waals surface area contributed by atoms with Crippen LogP contribution in [0.2, 0.25) is 0 Å². The number of carboxylic acids is 1. The number of aliphatic carboxylic acids is 1. The molecule has 7 heteroatoms. The second-order valence-corrected chi connectivity index (χ2v) is 11.3. The Bertz CT molecular complexity index is 938. The fraction of sp³-hybridized carbons (Fsp3) is 0.692. The van der Waals surface area contributed by atoms with Crippen LogP contribution in [-0.4, -0.2) is 54.3 Å². The van der Waals surface area contributed by atoms with Crippen molar-refractivity contribution < 1.29 is 28.6 Å². The number of amides is 1. The lowest BCUT2D eigenvalue weighted by Gasteiger charge is -2.56. The lowest BCUT2D eigenvalue weighted by atomic mass is 9.50. The zero-order chi connectivity index (χ0) is 22.7. The Balaban J connectivity index is 1.24. The Morgan fingerprint density at radius 2 is 1.79 bits per heavy atom. The summed E-state index contributed by atoms with van der Waals surface area (Å²) < 4.78 is 26.8. The Morgan fingerprint density at radius 1 is 1.12 bits per heavy atom. The highest BCUT2D eigenvalue weighted by molar-refractivity contribution is 5.97. The van der Waals surface area contributed by atoms with E-state index in [9.17, 15) is 14.7 Å². The number of ether oxygens (including phenoxy) is 2. The molecule has 5 saturated carbocycles. The van der Waals surface area contributed by atoms with E-state index in [4.69, 9.17) is 9.47 Å². The van der Waals surface area contributed by atoms with Crippen LogP contribution in [0.15, 0.2) is 12.1 Å². The summed E-state index contributed by atoms with van der Waals surface area (Å²) in [5, 5.41) is 9.47. The molecule has 1 aromatic rings. The first-order valence-electron chi connectivity index (χ1n) is 12.5. The number of benzene rings is 1. The minimum atomic E-state index is -1.14. The number of nitrogens with zero attached hydrogens (tertiary/aromatic N) is 1. The highest BCUT2D eigenvalue weighted by Gasteiger charge is 2.51. The topological polar surface area (TPSA) is 76.1 Å². The molecule has 6 nitrogen and oxygen atoms in total. The Morgan fingerprint density at radius 3 is 2.39 bits per heavy atom. The number of rotatable bonds is 6. The van der Waals surface area contributed by atoms with Gasteiger partial charge < -0.3 is 19.5 Å². The van der Waals surface area contributed by atoms with Crippen LogP contribution in [0.1, 0.15) is 73.2 Å². The van der Waals surface area contributed by atoms with E-state index in [0.717, 1.165) is 36.2 Å². The van der Waals surface area contributed by atoms with Crippen LogP contribution in [-0.2, 0) is 9.53 Å². The van der Waals surface area contributed by atoms with Gasteiger partial charge in [-0.05, 0) is 86.7 Å². The van der Waals surface area contributed by atoms with Crippen molar-refractivity contribution in [3.63, 3.8) is 0 Å². The predicted octanol–water partition coefficient (Wildman–Crippen LogP) is 4.22. The van der Waals surface area contributed by atoms with Crippen LogP contribution in [0.5, 0.6) is 5.75 Å². The van der Waals surface area contributed by atoms with E-state index in [1.54, 1.807) is 6.07 Å². The monoisotopic (exact) mass is 457 g/mol. The fourth-order valence-electron chi connectivity index (χ4n) is 7.48. The van der Waals surface area contributed by atoms with Gasteiger partial charge in [0.25, 0.3) is 5.91 Å². The van der Waals surface area contributed by atoms with Crippen molar-refractivity contribution >= 4 is 11.9 Å². The van der Waals surface area contributed by atoms with E-state index in [1.807, 2.05) is 0 Å². The maximum absolute atomic E-state index is 15.2. The summed E-state index contributed by atoms with van der Waals surface area (Å²) in [4.78, 5) is 26.0. The highest BCUT2D eigenvalue weighted by atomic mass is 19.1. The molecule has 7 rings (SSSR count). The number of halogens is 1. The molecule has 1 aliphatic heterocycles. The largest absolute Gasteiger partial charge is 0.493 e. The third-order valence-electron chi connectivity index (χ3n) is 8.72. The Labute approximate surface area is 193 Å². The number of hydrogen-bond donors (Lipinski definition) is 1. The third kappa shape index (κ3) is 3.92. The molecule has 0 unspecified atom stereocenters. The minimum Gasteiger partial charge on any atom is -0.493 e. The fourth-order valence-corrected chi connectivity index (χ4v) is 7.48. The van der Waals surface area contributed by atoms with Crippen LogP contribution in [0.4, 0.5) is 4.39 Å². The third-order valence-corrected chi connectivity index (χ3v) is 8.72. The van der Waals surface area contributed by atoms with E-state index in [-0.39, 0.29) is 36.7 Å². The first kappa shape index (κ1) is 21.4. The molecule has 1 heterocycles. The van der Waals surface area contributed by atoms with Crippen molar-refractivity contribution in [3.05, 3.63) is 29.1 Å². The van der Waals surface area contributed by atoms with Crippen LogP contribution in [0, 0.1) is 29.0 Å². The van der Waals surface area contributed by atoms with E-state index < -0.39 is 23.7 Å². The number of carbonyl (C=O) groups is 2. The maximum atomic E-state index is 15.2. The molecule has 4 bridgehead atoms. The minimum absolute atomic E-state index is 0.0628.